The van der Waals surface area contributed by atoms with E-state index >= 15 is 0 Å². The topological polar surface area (TPSA) is 60.7 Å². The zero-order chi connectivity index (χ0) is 14.3. The van der Waals surface area contributed by atoms with Gasteiger partial charge in [-0.15, -0.1) is 0 Å². The van der Waals surface area contributed by atoms with Gasteiger partial charge in [0.2, 0.25) is 0 Å². The van der Waals surface area contributed by atoms with Gasteiger partial charge in [-0.3, -0.25) is 0 Å². The van der Waals surface area contributed by atoms with Gasteiger partial charge in [0.1, 0.15) is 0 Å². The maximum Gasteiger partial charge on any atom is 0.0804 e. The van der Waals surface area contributed by atoms with E-state index in [0.717, 1.165) is 19.3 Å². The smallest absolute Gasteiger partial charge is 0.0804 e. The average molecular weight is 260 g/mol. The maximum atomic E-state index is 9.96. The first-order chi connectivity index (χ1) is 8.15. The molecule has 3 N–H and O–H groups in total. The SMILES string of the molecule is CCC(O)CCC(C)CC(O)C(O)CC(C)(C)C. The second-order valence-corrected chi connectivity index (χ2v) is 6.88. The molecule has 0 aliphatic carbocycles. The number of aliphatic hydroxyl groups is 3. The number of rotatable bonds is 8. The quantitative estimate of drug-likeness (QED) is 0.629. The molecule has 18 heavy (non-hydrogen) atoms. The average Bonchev–Trinajstić information content (AvgIpc) is 2.23. The minimum atomic E-state index is -0.655. The van der Waals surface area contributed by atoms with Gasteiger partial charge in [-0.05, 0) is 43.4 Å². The monoisotopic (exact) mass is 260 g/mol. The molecule has 0 aliphatic heterocycles. The van der Waals surface area contributed by atoms with Gasteiger partial charge in [-0.25, -0.2) is 0 Å². The fourth-order valence-electron chi connectivity index (χ4n) is 2.13. The summed E-state index contributed by atoms with van der Waals surface area (Å²) in [5.74, 6) is 0.329. The molecule has 110 valence electrons. The summed E-state index contributed by atoms with van der Waals surface area (Å²) in [7, 11) is 0. The van der Waals surface area contributed by atoms with E-state index in [2.05, 4.69) is 27.7 Å². The van der Waals surface area contributed by atoms with Crippen LogP contribution in [0.5, 0.6) is 0 Å². The molecule has 0 aromatic heterocycles. The molecular formula is C15H32O3. The third kappa shape index (κ3) is 8.90. The van der Waals surface area contributed by atoms with E-state index in [1.807, 2.05) is 6.92 Å². The Morgan fingerprint density at radius 3 is 1.94 bits per heavy atom. The fraction of sp³-hybridized carbons (Fsp3) is 1.00. The van der Waals surface area contributed by atoms with E-state index in [9.17, 15) is 15.3 Å². The van der Waals surface area contributed by atoms with Gasteiger partial charge in [0.05, 0.1) is 18.3 Å². The van der Waals surface area contributed by atoms with Crippen LogP contribution >= 0.6 is 0 Å². The highest BCUT2D eigenvalue weighted by Crippen LogP contribution is 2.25. The summed E-state index contributed by atoms with van der Waals surface area (Å²) >= 11 is 0. The summed E-state index contributed by atoms with van der Waals surface area (Å²) < 4.78 is 0. The van der Waals surface area contributed by atoms with Crippen LogP contribution in [0.1, 0.15) is 66.7 Å². The Labute approximate surface area is 112 Å². The summed E-state index contributed by atoms with van der Waals surface area (Å²) in [4.78, 5) is 0. The lowest BCUT2D eigenvalue weighted by molar-refractivity contribution is -0.0160. The van der Waals surface area contributed by atoms with E-state index in [1.165, 1.54) is 0 Å². The van der Waals surface area contributed by atoms with Crippen molar-refractivity contribution in [2.75, 3.05) is 0 Å². The van der Waals surface area contributed by atoms with Crippen molar-refractivity contribution in [2.24, 2.45) is 11.3 Å². The molecule has 3 nitrogen and oxygen atoms in total. The Bertz CT molecular complexity index is 210. The number of hydrogen-bond acceptors (Lipinski definition) is 3. The predicted octanol–water partition coefficient (Wildman–Crippen LogP) is 2.72. The first-order valence-corrected chi connectivity index (χ1v) is 7.20. The minimum absolute atomic E-state index is 0.0298. The number of aliphatic hydroxyl groups excluding tert-OH is 3. The maximum absolute atomic E-state index is 9.96. The van der Waals surface area contributed by atoms with E-state index in [4.69, 9.17) is 0 Å². The van der Waals surface area contributed by atoms with Gasteiger partial charge in [0, 0.05) is 0 Å². The molecule has 0 spiro atoms. The molecule has 0 saturated heterocycles. The minimum Gasteiger partial charge on any atom is -0.393 e. The van der Waals surface area contributed by atoms with Gasteiger partial charge in [-0.2, -0.15) is 0 Å². The molecule has 0 aromatic rings. The van der Waals surface area contributed by atoms with Crippen molar-refractivity contribution in [1.82, 2.24) is 0 Å². The molecule has 4 atom stereocenters. The van der Waals surface area contributed by atoms with Crippen molar-refractivity contribution in [3.8, 4) is 0 Å². The van der Waals surface area contributed by atoms with Crippen molar-refractivity contribution in [1.29, 1.82) is 0 Å². The molecule has 0 amide bonds. The van der Waals surface area contributed by atoms with Crippen LogP contribution in [0.2, 0.25) is 0 Å². The third-order valence-electron chi connectivity index (χ3n) is 3.37. The van der Waals surface area contributed by atoms with E-state index < -0.39 is 12.2 Å². The molecule has 0 bridgehead atoms. The third-order valence-corrected chi connectivity index (χ3v) is 3.37. The Balaban J connectivity index is 3.95. The first kappa shape index (κ1) is 17.9. The lowest BCUT2D eigenvalue weighted by atomic mass is 9.85. The molecule has 0 fully saturated rings. The molecule has 0 aromatic carbocycles. The van der Waals surface area contributed by atoms with Crippen LogP contribution in [0.25, 0.3) is 0 Å². The molecule has 4 unspecified atom stereocenters. The molecule has 0 saturated carbocycles. The van der Waals surface area contributed by atoms with Gasteiger partial charge >= 0.3 is 0 Å². The Morgan fingerprint density at radius 1 is 0.944 bits per heavy atom. The van der Waals surface area contributed by atoms with E-state index in [1.54, 1.807) is 0 Å². The van der Waals surface area contributed by atoms with Crippen molar-refractivity contribution in [3.05, 3.63) is 0 Å². The highest BCUT2D eigenvalue weighted by atomic mass is 16.3. The van der Waals surface area contributed by atoms with E-state index in [0.29, 0.717) is 18.8 Å². The van der Waals surface area contributed by atoms with Gasteiger partial charge in [0.25, 0.3) is 0 Å². The molecule has 0 radical (unpaired) electrons. The highest BCUT2D eigenvalue weighted by Gasteiger charge is 2.24. The first-order valence-electron chi connectivity index (χ1n) is 7.20. The van der Waals surface area contributed by atoms with Crippen LogP contribution in [-0.4, -0.2) is 33.6 Å². The van der Waals surface area contributed by atoms with E-state index in [-0.39, 0.29) is 11.5 Å². The lowest BCUT2D eigenvalue weighted by Gasteiger charge is -2.27. The zero-order valence-corrected chi connectivity index (χ0v) is 12.7. The molecular weight excluding hydrogens is 228 g/mol. The van der Waals surface area contributed by atoms with Gasteiger partial charge in [-0.1, -0.05) is 34.6 Å². The highest BCUT2D eigenvalue weighted by molar-refractivity contribution is 4.76. The Hall–Kier alpha value is -0.120. The largest absolute Gasteiger partial charge is 0.393 e. The summed E-state index contributed by atoms with van der Waals surface area (Å²) in [5, 5.41) is 29.4. The van der Waals surface area contributed by atoms with Gasteiger partial charge < -0.3 is 15.3 Å². The predicted molar refractivity (Wildman–Crippen MR) is 75.4 cm³/mol. The summed E-state index contributed by atoms with van der Waals surface area (Å²) in [6.45, 7) is 10.2. The van der Waals surface area contributed by atoms with Crippen LogP contribution in [0.15, 0.2) is 0 Å². The molecule has 0 rings (SSSR count). The van der Waals surface area contributed by atoms with Crippen molar-refractivity contribution in [3.63, 3.8) is 0 Å². The Kier molecular flexibility index (Phi) is 8.08. The van der Waals surface area contributed by atoms with Crippen LogP contribution in [0, 0.1) is 11.3 Å². The van der Waals surface area contributed by atoms with Gasteiger partial charge in [0.15, 0.2) is 0 Å². The van der Waals surface area contributed by atoms with Crippen LogP contribution in [0.3, 0.4) is 0 Å². The second kappa shape index (κ2) is 8.13. The van der Waals surface area contributed by atoms with Crippen molar-refractivity contribution < 1.29 is 15.3 Å². The standard InChI is InChI=1S/C15H32O3/c1-6-12(16)8-7-11(2)9-13(17)14(18)10-15(3,4)5/h11-14,16-18H,6-10H2,1-5H3. The normalized spacial score (nSPS) is 19.3. The summed E-state index contributed by atoms with van der Waals surface area (Å²) in [6.07, 6.45) is 2.13. The van der Waals surface area contributed by atoms with Crippen LogP contribution < -0.4 is 0 Å². The van der Waals surface area contributed by atoms with Crippen molar-refractivity contribution >= 4 is 0 Å². The lowest BCUT2D eigenvalue weighted by Crippen LogP contribution is -2.31. The zero-order valence-electron chi connectivity index (χ0n) is 12.7. The fourth-order valence-corrected chi connectivity index (χ4v) is 2.13. The summed E-state index contributed by atoms with van der Waals surface area (Å²) in [6, 6.07) is 0. The molecule has 0 aliphatic rings. The molecule has 3 heteroatoms. The second-order valence-electron chi connectivity index (χ2n) is 6.88. The van der Waals surface area contributed by atoms with Crippen LogP contribution in [0.4, 0.5) is 0 Å². The van der Waals surface area contributed by atoms with Crippen LogP contribution in [-0.2, 0) is 0 Å². The Morgan fingerprint density at radius 2 is 1.50 bits per heavy atom. The summed E-state index contributed by atoms with van der Waals surface area (Å²) in [5.41, 5.74) is 0.0298. The van der Waals surface area contributed by atoms with Crippen molar-refractivity contribution in [2.45, 2.75) is 85.0 Å². The molecule has 0 heterocycles. The number of hydrogen-bond donors (Lipinski definition) is 3.